The van der Waals surface area contributed by atoms with Gasteiger partial charge in [-0.15, -0.1) is 0 Å². The van der Waals surface area contributed by atoms with Gasteiger partial charge in [-0.25, -0.2) is 18.7 Å². The summed E-state index contributed by atoms with van der Waals surface area (Å²) in [7, 11) is 0. The molecule has 194 valence electrons. The van der Waals surface area contributed by atoms with Crippen LogP contribution >= 0.6 is 0 Å². The molecule has 10 heteroatoms. The highest BCUT2D eigenvalue weighted by molar-refractivity contribution is 5.68. The third-order valence-corrected chi connectivity index (χ3v) is 7.28. The third kappa shape index (κ3) is 5.40. The second-order valence-electron chi connectivity index (χ2n) is 11.1. The lowest BCUT2D eigenvalue weighted by Gasteiger charge is -2.37. The van der Waals surface area contributed by atoms with Crippen LogP contribution < -0.4 is 0 Å². The summed E-state index contributed by atoms with van der Waals surface area (Å²) in [6, 6.07) is 1.86. The molecule has 0 radical (unpaired) electrons. The fourth-order valence-corrected chi connectivity index (χ4v) is 5.32. The summed E-state index contributed by atoms with van der Waals surface area (Å²) in [5.74, 6) is -2.18. The van der Waals surface area contributed by atoms with Crippen LogP contribution in [-0.2, 0) is 4.74 Å². The van der Waals surface area contributed by atoms with E-state index in [2.05, 4.69) is 17.0 Å². The van der Waals surface area contributed by atoms with Gasteiger partial charge in [0.05, 0.1) is 11.6 Å². The first-order valence-electron chi connectivity index (χ1n) is 12.3. The van der Waals surface area contributed by atoms with Crippen molar-refractivity contribution >= 4 is 11.7 Å². The molecule has 6 nitrogen and oxygen atoms in total. The monoisotopic (exact) mass is 498 g/mol. The van der Waals surface area contributed by atoms with Gasteiger partial charge < -0.3 is 9.64 Å². The van der Waals surface area contributed by atoms with Crippen LogP contribution in [-0.4, -0.2) is 50.5 Å². The number of alkyl halides is 3. The zero-order chi connectivity index (χ0) is 25.7. The highest BCUT2D eigenvalue weighted by Gasteiger charge is 2.43. The van der Waals surface area contributed by atoms with Crippen LogP contribution in [0.15, 0.2) is 6.07 Å². The van der Waals surface area contributed by atoms with Crippen molar-refractivity contribution in [2.24, 2.45) is 11.8 Å². The minimum Gasteiger partial charge on any atom is -0.444 e. The molecule has 0 aromatic carbocycles. The van der Waals surface area contributed by atoms with E-state index in [1.807, 2.05) is 26.8 Å². The van der Waals surface area contributed by atoms with E-state index in [1.54, 1.807) is 11.8 Å². The highest BCUT2D eigenvalue weighted by Crippen LogP contribution is 2.43. The predicted octanol–water partition coefficient (Wildman–Crippen LogP) is 6.37. The van der Waals surface area contributed by atoms with Crippen molar-refractivity contribution in [1.82, 2.24) is 19.5 Å². The minimum absolute atomic E-state index is 0.0225. The lowest BCUT2D eigenvalue weighted by Crippen LogP contribution is -2.45. The molecule has 1 saturated carbocycles. The van der Waals surface area contributed by atoms with Gasteiger partial charge in [0.25, 0.3) is 0 Å². The molecule has 2 aliphatic rings. The molecule has 35 heavy (non-hydrogen) atoms. The SMILES string of the molecule is Cc1cc([C@@H]2CN(C(=O)OC(C)(C)C)CC[C@@H]2C)n2nc([C@H]3CC[C@H](C(F)(F)F)CC3)c(F)c2n1. The van der Waals surface area contributed by atoms with E-state index in [0.717, 1.165) is 12.1 Å². The van der Waals surface area contributed by atoms with Crippen molar-refractivity contribution in [3.63, 3.8) is 0 Å². The van der Waals surface area contributed by atoms with Crippen molar-refractivity contribution in [3.8, 4) is 0 Å². The fraction of sp³-hybridized carbons (Fsp3) is 0.720. The first-order chi connectivity index (χ1) is 16.2. The Morgan fingerprint density at radius 3 is 2.37 bits per heavy atom. The summed E-state index contributed by atoms with van der Waals surface area (Å²) in [6.45, 7) is 10.3. The average molecular weight is 499 g/mol. The lowest BCUT2D eigenvalue weighted by atomic mass is 9.80. The summed E-state index contributed by atoms with van der Waals surface area (Å²) in [6.07, 6.45) is -3.41. The molecule has 2 fully saturated rings. The first kappa shape index (κ1) is 25.7. The molecule has 1 aliphatic carbocycles. The van der Waals surface area contributed by atoms with Crippen molar-refractivity contribution in [2.45, 2.75) is 90.3 Å². The summed E-state index contributed by atoms with van der Waals surface area (Å²) < 4.78 is 61.9. The number of hydrogen-bond acceptors (Lipinski definition) is 4. The zero-order valence-electron chi connectivity index (χ0n) is 21.0. The van der Waals surface area contributed by atoms with Gasteiger partial charge in [-0.1, -0.05) is 6.92 Å². The topological polar surface area (TPSA) is 59.7 Å². The van der Waals surface area contributed by atoms with E-state index in [9.17, 15) is 18.0 Å². The molecule has 0 unspecified atom stereocenters. The number of carbonyl (C=O) groups is 1. The number of hydrogen-bond donors (Lipinski definition) is 0. The molecule has 1 saturated heterocycles. The Morgan fingerprint density at radius 1 is 1.11 bits per heavy atom. The third-order valence-electron chi connectivity index (χ3n) is 7.28. The van der Waals surface area contributed by atoms with Crippen LogP contribution in [0.3, 0.4) is 0 Å². The second kappa shape index (κ2) is 9.24. The summed E-state index contributed by atoms with van der Waals surface area (Å²) in [5.41, 5.74) is 1.05. The summed E-state index contributed by atoms with van der Waals surface area (Å²) >= 11 is 0. The van der Waals surface area contributed by atoms with Crippen LogP contribution in [0.25, 0.3) is 5.65 Å². The molecule has 0 spiro atoms. The Morgan fingerprint density at radius 2 is 1.77 bits per heavy atom. The molecule has 2 aromatic rings. The number of rotatable bonds is 2. The molecule has 2 atom stereocenters. The number of carbonyl (C=O) groups excluding carboxylic acids is 1. The van der Waals surface area contributed by atoms with Gasteiger partial charge in [-0.05, 0) is 71.8 Å². The van der Waals surface area contributed by atoms with Crippen molar-refractivity contribution < 1.29 is 27.1 Å². The maximum absolute atomic E-state index is 15.5. The lowest BCUT2D eigenvalue weighted by molar-refractivity contribution is -0.182. The number of piperidine rings is 1. The largest absolute Gasteiger partial charge is 0.444 e. The normalized spacial score (nSPS) is 26.3. The highest BCUT2D eigenvalue weighted by atomic mass is 19.4. The Balaban J connectivity index is 1.64. The first-order valence-corrected chi connectivity index (χ1v) is 12.3. The van der Waals surface area contributed by atoms with E-state index in [0.29, 0.717) is 18.8 Å². The Labute approximate surface area is 203 Å². The van der Waals surface area contributed by atoms with Crippen LogP contribution in [0.1, 0.15) is 88.7 Å². The minimum atomic E-state index is -4.22. The number of nitrogens with zero attached hydrogens (tertiary/aromatic N) is 4. The van der Waals surface area contributed by atoms with Crippen LogP contribution in [0.4, 0.5) is 22.4 Å². The van der Waals surface area contributed by atoms with Gasteiger partial charge in [0.15, 0.2) is 11.5 Å². The average Bonchev–Trinajstić information content (AvgIpc) is 3.08. The summed E-state index contributed by atoms with van der Waals surface area (Å²) in [4.78, 5) is 18.8. The molecule has 3 heterocycles. The number of halogens is 4. The smallest absolute Gasteiger partial charge is 0.410 e. The van der Waals surface area contributed by atoms with Gasteiger partial charge >= 0.3 is 12.3 Å². The molecule has 0 bridgehead atoms. The maximum Gasteiger partial charge on any atom is 0.410 e. The van der Waals surface area contributed by atoms with Crippen LogP contribution in [0.5, 0.6) is 0 Å². The standard InChI is InChI=1S/C25H34F4N4O2/c1-14-10-11-32(23(34)35-24(3,4)5)13-18(14)19-12-15(2)30-22-20(26)21(31-33(19)22)16-6-8-17(9-7-16)25(27,28)29/h12,14,16-18H,6-11,13H2,1-5H3/t14-,16-,17-,18+/m0/s1. The Hall–Kier alpha value is -2.39. The number of amides is 1. The second-order valence-corrected chi connectivity index (χ2v) is 11.1. The molecule has 4 rings (SSSR count). The van der Waals surface area contributed by atoms with Gasteiger partial charge in [-0.3, -0.25) is 0 Å². The van der Waals surface area contributed by atoms with E-state index >= 15 is 4.39 Å². The number of fused-ring (bicyclic) bond motifs is 1. The van der Waals surface area contributed by atoms with Crippen molar-refractivity contribution in [2.75, 3.05) is 13.1 Å². The predicted molar refractivity (Wildman–Crippen MR) is 123 cm³/mol. The molecule has 1 aliphatic heterocycles. The van der Waals surface area contributed by atoms with E-state index in [1.165, 1.54) is 4.52 Å². The van der Waals surface area contributed by atoms with Crippen molar-refractivity contribution in [3.05, 3.63) is 29.0 Å². The number of ether oxygens (including phenoxy) is 1. The van der Waals surface area contributed by atoms with E-state index in [4.69, 9.17) is 4.74 Å². The summed E-state index contributed by atoms with van der Waals surface area (Å²) in [5, 5.41) is 4.57. The molecule has 0 N–H and O–H groups in total. The molecule has 1 amide bonds. The Kier molecular flexibility index (Phi) is 6.79. The zero-order valence-corrected chi connectivity index (χ0v) is 21.0. The van der Waals surface area contributed by atoms with E-state index < -0.39 is 23.5 Å². The van der Waals surface area contributed by atoms with Crippen LogP contribution in [0, 0.1) is 24.6 Å². The van der Waals surface area contributed by atoms with Gasteiger partial charge in [0.1, 0.15) is 11.3 Å². The van der Waals surface area contributed by atoms with Gasteiger partial charge in [-0.2, -0.15) is 18.3 Å². The number of aromatic nitrogens is 3. The molecular weight excluding hydrogens is 464 g/mol. The Bertz CT molecular complexity index is 1080. The fourth-order valence-electron chi connectivity index (χ4n) is 5.32. The van der Waals surface area contributed by atoms with Gasteiger partial charge in [0, 0.05) is 30.6 Å². The van der Waals surface area contributed by atoms with Crippen LogP contribution in [0.2, 0.25) is 0 Å². The molecular formula is C25H34F4N4O2. The van der Waals surface area contributed by atoms with E-state index in [-0.39, 0.29) is 60.9 Å². The number of likely N-dealkylation sites (tertiary alicyclic amines) is 1. The van der Waals surface area contributed by atoms with Crippen molar-refractivity contribution in [1.29, 1.82) is 0 Å². The quantitative estimate of drug-likeness (QED) is 0.451. The van der Waals surface area contributed by atoms with Gasteiger partial charge in [0.2, 0.25) is 0 Å². The number of aryl methyl sites for hydroxylation is 1. The molecule has 2 aromatic heterocycles. The maximum atomic E-state index is 15.5.